The van der Waals surface area contributed by atoms with E-state index < -0.39 is 9.85 Å². The number of amides is 2. The van der Waals surface area contributed by atoms with E-state index in [0.29, 0.717) is 50.4 Å². The number of hydrogen-bond donors (Lipinski definition) is 1. The Kier molecular flexibility index (Phi) is 8.79. The average molecular weight is 479 g/mol. The van der Waals surface area contributed by atoms with Crippen molar-refractivity contribution in [2.45, 2.75) is 0 Å². The third-order valence-electron chi connectivity index (χ3n) is 5.46. The highest BCUT2D eigenvalue weighted by atomic mass is 16.6. The molecular formula is C24H25N5O6. The summed E-state index contributed by atoms with van der Waals surface area (Å²) in [6.07, 6.45) is 6.08. The molecule has 2 aromatic rings. The van der Waals surface area contributed by atoms with E-state index in [1.165, 1.54) is 36.4 Å². The molecule has 2 amide bonds. The molecule has 0 atom stereocenters. The summed E-state index contributed by atoms with van der Waals surface area (Å²) in [5.41, 5.74) is 1.39. The number of piperazine rings is 1. The Bertz CT molecular complexity index is 1120. The van der Waals surface area contributed by atoms with Crippen LogP contribution in [0.2, 0.25) is 0 Å². The summed E-state index contributed by atoms with van der Waals surface area (Å²) in [4.78, 5) is 48.7. The van der Waals surface area contributed by atoms with E-state index in [1.807, 2.05) is 0 Å². The molecule has 1 aliphatic rings. The standard InChI is InChI=1S/C24H25N5O6/c30-23(11-5-19-1-7-21(8-2-19)28(32)33)25-13-14-26-15-17-27(18-16-26)24(31)12-6-20-3-9-22(10-4-20)29(34)35/h1-12H,13-18H2,(H,25,30)/b11-5+,12-6+. The Balaban J connectivity index is 1.35. The molecular weight excluding hydrogens is 454 g/mol. The van der Waals surface area contributed by atoms with Crippen LogP contribution in [0.3, 0.4) is 0 Å². The number of nitro benzene ring substituents is 2. The van der Waals surface area contributed by atoms with Crippen molar-refractivity contribution < 1.29 is 19.4 Å². The monoisotopic (exact) mass is 479 g/mol. The Hall–Kier alpha value is -4.38. The van der Waals surface area contributed by atoms with E-state index in [-0.39, 0.29) is 23.2 Å². The predicted molar refractivity (Wildman–Crippen MR) is 130 cm³/mol. The minimum atomic E-state index is -0.478. The third-order valence-corrected chi connectivity index (χ3v) is 5.46. The van der Waals surface area contributed by atoms with Gasteiger partial charge in [0.2, 0.25) is 11.8 Å². The van der Waals surface area contributed by atoms with Gasteiger partial charge in [0.05, 0.1) is 9.85 Å². The zero-order valence-corrected chi connectivity index (χ0v) is 18.9. The van der Waals surface area contributed by atoms with Gasteiger partial charge in [-0.3, -0.25) is 34.7 Å². The summed E-state index contributed by atoms with van der Waals surface area (Å²) >= 11 is 0. The van der Waals surface area contributed by atoms with Crippen molar-refractivity contribution in [3.63, 3.8) is 0 Å². The number of benzene rings is 2. The van der Waals surface area contributed by atoms with Crippen LogP contribution in [0.15, 0.2) is 60.7 Å². The normalized spacial score (nSPS) is 14.3. The number of nitrogens with one attached hydrogen (secondary N) is 1. The number of nitrogens with zero attached hydrogens (tertiary/aromatic N) is 4. The Morgan fingerprint density at radius 2 is 1.29 bits per heavy atom. The fraction of sp³-hybridized carbons (Fsp3) is 0.250. The van der Waals surface area contributed by atoms with Gasteiger partial charge in [-0.1, -0.05) is 0 Å². The molecule has 0 spiro atoms. The van der Waals surface area contributed by atoms with Gasteiger partial charge in [-0.2, -0.15) is 0 Å². The topological polar surface area (TPSA) is 139 Å². The van der Waals surface area contributed by atoms with Gasteiger partial charge >= 0.3 is 0 Å². The number of non-ortho nitro benzene ring substituents is 2. The molecule has 0 aliphatic carbocycles. The molecule has 1 aliphatic heterocycles. The molecule has 1 fully saturated rings. The van der Waals surface area contributed by atoms with Gasteiger partial charge in [0.15, 0.2) is 0 Å². The molecule has 1 N–H and O–H groups in total. The maximum absolute atomic E-state index is 12.4. The second-order valence-corrected chi connectivity index (χ2v) is 7.82. The van der Waals surface area contributed by atoms with E-state index in [0.717, 1.165) is 0 Å². The molecule has 3 rings (SSSR count). The van der Waals surface area contributed by atoms with Crippen LogP contribution in [0.1, 0.15) is 11.1 Å². The van der Waals surface area contributed by atoms with Crippen LogP contribution < -0.4 is 5.32 Å². The summed E-state index contributed by atoms with van der Waals surface area (Å²) in [5.74, 6) is -0.374. The molecule has 182 valence electrons. The quantitative estimate of drug-likeness (QED) is 0.331. The Labute approximate surface area is 201 Å². The molecule has 1 saturated heterocycles. The first-order valence-corrected chi connectivity index (χ1v) is 11.0. The van der Waals surface area contributed by atoms with Crippen LogP contribution in [0.25, 0.3) is 12.2 Å². The van der Waals surface area contributed by atoms with Crippen molar-refractivity contribution in [2.24, 2.45) is 0 Å². The molecule has 0 aromatic heterocycles. The molecule has 35 heavy (non-hydrogen) atoms. The Morgan fingerprint density at radius 3 is 1.77 bits per heavy atom. The highest BCUT2D eigenvalue weighted by molar-refractivity contribution is 5.92. The van der Waals surface area contributed by atoms with Crippen LogP contribution in [-0.4, -0.2) is 70.7 Å². The molecule has 0 bridgehead atoms. The smallest absolute Gasteiger partial charge is 0.269 e. The number of nitro groups is 2. The predicted octanol–water partition coefficient (Wildman–Crippen LogP) is 2.49. The van der Waals surface area contributed by atoms with E-state index >= 15 is 0 Å². The zero-order chi connectivity index (χ0) is 25.2. The highest BCUT2D eigenvalue weighted by Crippen LogP contribution is 2.14. The lowest BCUT2D eigenvalue weighted by Crippen LogP contribution is -2.49. The third kappa shape index (κ3) is 7.86. The summed E-state index contributed by atoms with van der Waals surface area (Å²) in [5, 5.41) is 24.2. The van der Waals surface area contributed by atoms with Crippen molar-refractivity contribution in [1.29, 1.82) is 0 Å². The molecule has 11 nitrogen and oxygen atoms in total. The van der Waals surface area contributed by atoms with Crippen LogP contribution in [0.5, 0.6) is 0 Å². The van der Waals surface area contributed by atoms with Crippen molar-refractivity contribution in [3.8, 4) is 0 Å². The highest BCUT2D eigenvalue weighted by Gasteiger charge is 2.19. The molecule has 1 heterocycles. The van der Waals surface area contributed by atoms with Crippen molar-refractivity contribution in [3.05, 3.63) is 92.0 Å². The lowest BCUT2D eigenvalue weighted by atomic mass is 10.2. The van der Waals surface area contributed by atoms with Gasteiger partial charge in [0, 0.05) is 75.7 Å². The maximum Gasteiger partial charge on any atom is 0.269 e. The zero-order valence-electron chi connectivity index (χ0n) is 18.9. The van der Waals surface area contributed by atoms with Gasteiger partial charge < -0.3 is 10.2 Å². The van der Waals surface area contributed by atoms with Crippen molar-refractivity contribution in [1.82, 2.24) is 15.1 Å². The Morgan fingerprint density at radius 1 is 0.800 bits per heavy atom. The van der Waals surface area contributed by atoms with Crippen LogP contribution in [0, 0.1) is 20.2 Å². The number of hydrogen-bond acceptors (Lipinski definition) is 7. The second kappa shape index (κ2) is 12.2. The lowest BCUT2D eigenvalue weighted by Gasteiger charge is -2.34. The first-order chi connectivity index (χ1) is 16.8. The van der Waals surface area contributed by atoms with Crippen LogP contribution >= 0.6 is 0 Å². The number of rotatable bonds is 9. The van der Waals surface area contributed by atoms with Gasteiger partial charge in [-0.15, -0.1) is 0 Å². The molecule has 2 aromatic carbocycles. The average Bonchev–Trinajstić information content (AvgIpc) is 2.87. The van der Waals surface area contributed by atoms with Gasteiger partial charge in [0.1, 0.15) is 0 Å². The van der Waals surface area contributed by atoms with Gasteiger partial charge in [-0.25, -0.2) is 0 Å². The largest absolute Gasteiger partial charge is 0.351 e. The van der Waals surface area contributed by atoms with E-state index in [2.05, 4.69) is 10.2 Å². The van der Waals surface area contributed by atoms with Crippen molar-refractivity contribution in [2.75, 3.05) is 39.3 Å². The summed E-state index contributed by atoms with van der Waals surface area (Å²) in [7, 11) is 0. The minimum Gasteiger partial charge on any atom is -0.351 e. The summed E-state index contributed by atoms with van der Waals surface area (Å²) in [6.45, 7) is 3.61. The van der Waals surface area contributed by atoms with E-state index in [4.69, 9.17) is 0 Å². The van der Waals surface area contributed by atoms with Crippen LogP contribution in [0.4, 0.5) is 11.4 Å². The van der Waals surface area contributed by atoms with E-state index in [1.54, 1.807) is 41.3 Å². The second-order valence-electron chi connectivity index (χ2n) is 7.82. The van der Waals surface area contributed by atoms with Gasteiger partial charge in [0.25, 0.3) is 11.4 Å². The maximum atomic E-state index is 12.4. The lowest BCUT2D eigenvalue weighted by molar-refractivity contribution is -0.385. The van der Waals surface area contributed by atoms with Gasteiger partial charge in [-0.05, 0) is 47.5 Å². The van der Waals surface area contributed by atoms with Crippen molar-refractivity contribution >= 4 is 35.3 Å². The number of carbonyl (C=O) groups excluding carboxylic acids is 2. The molecule has 0 unspecified atom stereocenters. The van der Waals surface area contributed by atoms with Crippen LogP contribution in [-0.2, 0) is 9.59 Å². The van der Waals surface area contributed by atoms with E-state index in [9.17, 15) is 29.8 Å². The fourth-order valence-corrected chi connectivity index (χ4v) is 3.45. The first-order valence-electron chi connectivity index (χ1n) is 11.0. The summed E-state index contributed by atoms with van der Waals surface area (Å²) < 4.78 is 0. The number of carbonyl (C=O) groups is 2. The molecule has 0 radical (unpaired) electrons. The fourth-order valence-electron chi connectivity index (χ4n) is 3.45. The molecule has 0 saturated carbocycles. The summed E-state index contributed by atoms with van der Waals surface area (Å²) in [6, 6.07) is 11.9. The first kappa shape index (κ1) is 25.2. The minimum absolute atomic E-state index is 0.00120. The SMILES string of the molecule is O=C(/C=C/c1ccc([N+](=O)[O-])cc1)NCCN1CCN(C(=O)/C=C/c2ccc([N+](=O)[O-])cc2)CC1. The molecule has 11 heteroatoms.